The third-order valence-corrected chi connectivity index (χ3v) is 17.3. The third-order valence-electron chi connectivity index (χ3n) is 14.9. The number of benzene rings is 10. The van der Waals surface area contributed by atoms with Crippen LogP contribution in [0.1, 0.15) is 61.2 Å². The Kier molecular flexibility index (Phi) is 13.7. The lowest BCUT2D eigenvalue weighted by molar-refractivity contribution is 0.00370. The van der Waals surface area contributed by atoms with Crippen LogP contribution in [0.4, 0.5) is 0 Å². The average Bonchev–Trinajstić information content (AvgIpc) is 4.25. The molecule has 0 spiro atoms. The standard InChI is InChI=1S/C68H56O7P2/c1-49-45-61(64(63(46-49)69-4)71-77-74-67(56-37-21-9-22-38-56,57-39-23-10-24-40-57)68(75-77,58-41-25-11-26-42-58)59-43-27-12-28-44-59)60-47-50(2)51(3)48-62(60)70-76-72-65(52-29-13-5-14-30-52,53-31-15-6-16-32-53)66(73-76,54-33-17-7-18-34-54)55-35-19-8-20-36-55/h5-48H,1-4H3. The van der Waals surface area contributed by atoms with Crippen LogP contribution in [0.25, 0.3) is 11.1 Å². The molecule has 77 heavy (non-hydrogen) atoms. The molecule has 0 radical (unpaired) electrons. The lowest BCUT2D eigenvalue weighted by Crippen LogP contribution is -2.48. The highest BCUT2D eigenvalue weighted by atomic mass is 31.2. The summed E-state index contributed by atoms with van der Waals surface area (Å²) in [5.41, 5.74) is 6.71. The lowest BCUT2D eigenvalue weighted by Gasteiger charge is -2.43. The molecule has 2 aliphatic rings. The van der Waals surface area contributed by atoms with Crippen molar-refractivity contribution in [3.05, 3.63) is 328 Å². The van der Waals surface area contributed by atoms with Gasteiger partial charge >= 0.3 is 17.2 Å². The van der Waals surface area contributed by atoms with E-state index in [9.17, 15) is 0 Å². The van der Waals surface area contributed by atoms with Gasteiger partial charge in [0.2, 0.25) is 0 Å². The van der Waals surface area contributed by atoms with Crippen molar-refractivity contribution in [1.82, 2.24) is 0 Å². The average molecular weight is 1050 g/mol. The van der Waals surface area contributed by atoms with Crippen molar-refractivity contribution in [2.45, 2.75) is 43.2 Å². The predicted octanol–water partition coefficient (Wildman–Crippen LogP) is 17.4. The SMILES string of the molecule is COc1cc(C)cc(-c2cc(C)c(C)cc2OP2OC(c3ccccc3)(c3ccccc3)C(c3ccccc3)(c3ccccc3)O2)c1OP1OC(c2ccccc2)(c2ccccc2)C(c2ccccc2)(c2ccccc2)O1. The summed E-state index contributed by atoms with van der Waals surface area (Å²) < 4.78 is 51.8. The second-order valence-electron chi connectivity index (χ2n) is 19.4. The quantitative estimate of drug-likeness (QED) is 0.101. The Morgan fingerprint density at radius 3 is 0.857 bits per heavy atom. The van der Waals surface area contributed by atoms with Crippen LogP contribution in [0.3, 0.4) is 0 Å². The van der Waals surface area contributed by atoms with E-state index in [4.69, 9.17) is 31.9 Å². The fraction of sp³-hybridized carbons (Fsp3) is 0.118. The zero-order chi connectivity index (χ0) is 52.5. The maximum atomic E-state index is 7.66. The molecule has 9 heteroatoms. The van der Waals surface area contributed by atoms with E-state index in [1.807, 2.05) is 159 Å². The highest BCUT2D eigenvalue weighted by Crippen LogP contribution is 2.73. The van der Waals surface area contributed by atoms with E-state index in [-0.39, 0.29) is 0 Å². The van der Waals surface area contributed by atoms with E-state index in [0.29, 0.717) is 22.8 Å². The van der Waals surface area contributed by atoms with Crippen LogP contribution in [0.2, 0.25) is 0 Å². The second kappa shape index (κ2) is 21.0. The number of hydrogen-bond donors (Lipinski definition) is 0. The smallest absolute Gasteiger partial charge is 0.400 e. The van der Waals surface area contributed by atoms with Gasteiger partial charge in [-0.05, 0) is 106 Å². The highest BCUT2D eigenvalue weighted by molar-refractivity contribution is 7.42. The minimum Gasteiger partial charge on any atom is -0.493 e. The first-order chi connectivity index (χ1) is 37.8. The van der Waals surface area contributed by atoms with Gasteiger partial charge in [-0.2, -0.15) is 0 Å². The monoisotopic (exact) mass is 1050 g/mol. The van der Waals surface area contributed by atoms with Gasteiger partial charge in [-0.3, -0.25) is 18.1 Å². The van der Waals surface area contributed by atoms with Crippen LogP contribution >= 0.6 is 17.2 Å². The molecule has 0 unspecified atom stereocenters. The first-order valence-electron chi connectivity index (χ1n) is 25.8. The fourth-order valence-electron chi connectivity index (χ4n) is 11.3. The summed E-state index contributed by atoms with van der Waals surface area (Å²) in [5, 5.41) is 0. The Morgan fingerprint density at radius 2 is 0.571 bits per heavy atom. The van der Waals surface area contributed by atoms with Crippen molar-refractivity contribution in [3.8, 4) is 28.4 Å². The third kappa shape index (κ3) is 8.47. The van der Waals surface area contributed by atoms with Gasteiger partial charge in [-0.25, -0.2) is 0 Å². The van der Waals surface area contributed by atoms with Crippen LogP contribution in [-0.4, -0.2) is 7.11 Å². The van der Waals surface area contributed by atoms with Crippen LogP contribution in [-0.2, 0) is 40.5 Å². The van der Waals surface area contributed by atoms with Crippen molar-refractivity contribution in [1.29, 1.82) is 0 Å². The van der Waals surface area contributed by atoms with Gasteiger partial charge in [0.15, 0.2) is 33.9 Å². The Bertz CT molecular complexity index is 3270. The number of methoxy groups -OCH3 is 1. The Labute approximate surface area is 453 Å². The van der Waals surface area contributed by atoms with Crippen molar-refractivity contribution >= 4 is 17.2 Å². The largest absolute Gasteiger partial charge is 0.493 e. The lowest BCUT2D eigenvalue weighted by atomic mass is 9.66. The summed E-state index contributed by atoms with van der Waals surface area (Å²) in [6.45, 7) is 6.24. The predicted molar refractivity (Wildman–Crippen MR) is 307 cm³/mol. The van der Waals surface area contributed by atoms with Gasteiger partial charge in [0.25, 0.3) is 0 Å². The normalized spacial score (nSPS) is 16.4. The fourth-order valence-corrected chi connectivity index (χ4v) is 14.5. The van der Waals surface area contributed by atoms with Crippen LogP contribution < -0.4 is 13.8 Å². The summed E-state index contributed by atoms with van der Waals surface area (Å²) in [7, 11) is -2.81. The molecule has 2 heterocycles. The van der Waals surface area contributed by atoms with Crippen LogP contribution in [0.5, 0.6) is 17.2 Å². The molecule has 0 amide bonds. The van der Waals surface area contributed by atoms with Gasteiger partial charge < -0.3 is 13.8 Å². The summed E-state index contributed by atoms with van der Waals surface area (Å²) in [5.74, 6) is 1.46. The molecule has 2 saturated heterocycles. The van der Waals surface area contributed by atoms with Crippen molar-refractivity contribution in [2.24, 2.45) is 0 Å². The van der Waals surface area contributed by atoms with E-state index < -0.39 is 39.6 Å². The molecule has 380 valence electrons. The van der Waals surface area contributed by atoms with E-state index in [1.54, 1.807) is 7.11 Å². The van der Waals surface area contributed by atoms with Crippen molar-refractivity contribution in [3.63, 3.8) is 0 Å². The highest BCUT2D eigenvalue weighted by Gasteiger charge is 2.68. The van der Waals surface area contributed by atoms with Gasteiger partial charge in [0.05, 0.1) is 7.11 Å². The molecular weight excluding hydrogens is 991 g/mol. The molecule has 10 aromatic rings. The van der Waals surface area contributed by atoms with E-state index in [2.05, 4.69) is 129 Å². The zero-order valence-electron chi connectivity index (χ0n) is 43.2. The molecule has 2 aliphatic heterocycles. The molecule has 2 fully saturated rings. The van der Waals surface area contributed by atoms with Crippen molar-refractivity contribution in [2.75, 3.05) is 7.11 Å². The number of aryl methyl sites for hydroxylation is 3. The zero-order valence-corrected chi connectivity index (χ0v) is 44.9. The second-order valence-corrected chi connectivity index (χ2v) is 21.4. The Morgan fingerprint density at radius 1 is 0.299 bits per heavy atom. The van der Waals surface area contributed by atoms with Crippen LogP contribution in [0, 0.1) is 20.8 Å². The molecular formula is C68H56O7P2. The van der Waals surface area contributed by atoms with Gasteiger partial charge in [0, 0.05) is 11.1 Å². The molecule has 10 aromatic carbocycles. The first-order valence-corrected chi connectivity index (χ1v) is 28.0. The number of ether oxygens (including phenoxy) is 1. The molecule has 0 aromatic heterocycles. The number of rotatable bonds is 14. The van der Waals surface area contributed by atoms with E-state index in [1.165, 1.54) is 0 Å². The maximum Gasteiger partial charge on any atom is 0.400 e. The molecule has 7 nitrogen and oxygen atoms in total. The molecule has 0 saturated carbocycles. The summed E-state index contributed by atoms with van der Waals surface area (Å²) in [6, 6.07) is 91.0. The molecule has 12 rings (SSSR count). The topological polar surface area (TPSA) is 64.6 Å². The van der Waals surface area contributed by atoms with E-state index >= 15 is 0 Å². The van der Waals surface area contributed by atoms with Crippen LogP contribution in [0.15, 0.2) is 267 Å². The first kappa shape index (κ1) is 50.1. The maximum absolute atomic E-state index is 7.66. The van der Waals surface area contributed by atoms with Crippen molar-refractivity contribution < 1.29 is 31.9 Å². The van der Waals surface area contributed by atoms with E-state index in [0.717, 1.165) is 66.8 Å². The minimum atomic E-state index is -2.26. The summed E-state index contributed by atoms with van der Waals surface area (Å²) >= 11 is 0. The van der Waals surface area contributed by atoms with Gasteiger partial charge in [0.1, 0.15) is 5.75 Å². The molecule has 0 bridgehead atoms. The number of hydrogen-bond acceptors (Lipinski definition) is 7. The molecule has 0 aliphatic carbocycles. The van der Waals surface area contributed by atoms with Gasteiger partial charge in [-0.15, -0.1) is 0 Å². The molecule has 0 N–H and O–H groups in total. The Hall–Kier alpha value is -7.70. The summed E-state index contributed by atoms with van der Waals surface area (Å²) in [6.07, 6.45) is 0. The summed E-state index contributed by atoms with van der Waals surface area (Å²) in [4.78, 5) is 0. The Balaban J connectivity index is 1.03. The van der Waals surface area contributed by atoms with Gasteiger partial charge in [-0.1, -0.05) is 243 Å². The molecule has 0 atom stereocenters. The minimum absolute atomic E-state index is 0.427.